The van der Waals surface area contributed by atoms with Gasteiger partial charge < -0.3 is 4.98 Å². The zero-order valence-corrected chi connectivity index (χ0v) is 9.01. The van der Waals surface area contributed by atoms with Crippen molar-refractivity contribution < 1.29 is 0 Å². The van der Waals surface area contributed by atoms with Crippen molar-refractivity contribution >= 4 is 34.1 Å². The van der Waals surface area contributed by atoms with Gasteiger partial charge in [0.15, 0.2) is 5.65 Å². The van der Waals surface area contributed by atoms with E-state index in [4.69, 9.17) is 11.6 Å². The van der Waals surface area contributed by atoms with Crippen LogP contribution in [0, 0.1) is 0 Å². The fourth-order valence-corrected chi connectivity index (χ4v) is 2.39. The summed E-state index contributed by atoms with van der Waals surface area (Å²) in [6.07, 6.45) is 3.17. The topological polar surface area (TPSA) is 54.5 Å². The fraction of sp³-hybridized carbons (Fsp3) is 0. The zero-order valence-electron chi connectivity index (χ0n) is 7.44. The Morgan fingerprint density at radius 1 is 1.33 bits per heavy atom. The molecule has 0 aliphatic rings. The fourth-order valence-electron chi connectivity index (χ4n) is 1.34. The molecule has 0 fully saturated rings. The predicted molar refractivity (Wildman–Crippen MR) is 60.0 cm³/mol. The molecule has 3 aromatic rings. The van der Waals surface area contributed by atoms with Gasteiger partial charge >= 0.3 is 0 Å². The van der Waals surface area contributed by atoms with E-state index in [0.717, 1.165) is 16.9 Å². The third-order valence-electron chi connectivity index (χ3n) is 2.03. The van der Waals surface area contributed by atoms with E-state index in [1.165, 1.54) is 6.33 Å². The van der Waals surface area contributed by atoms with Crippen LogP contribution in [0.25, 0.3) is 22.6 Å². The molecule has 0 aliphatic carbocycles. The molecule has 0 amide bonds. The molecular formula is C9H5ClN4S. The molecule has 0 atom stereocenters. The van der Waals surface area contributed by atoms with Crippen LogP contribution in [0.1, 0.15) is 0 Å². The first-order chi connectivity index (χ1) is 7.34. The summed E-state index contributed by atoms with van der Waals surface area (Å²) in [6, 6.07) is 0. The van der Waals surface area contributed by atoms with Gasteiger partial charge in [-0.3, -0.25) is 0 Å². The number of aromatic amines is 1. The van der Waals surface area contributed by atoms with Gasteiger partial charge in [-0.15, -0.1) is 0 Å². The largest absolute Gasteiger partial charge is 0.335 e. The molecular weight excluding hydrogens is 232 g/mol. The van der Waals surface area contributed by atoms with Crippen LogP contribution in [0.15, 0.2) is 23.3 Å². The van der Waals surface area contributed by atoms with E-state index >= 15 is 0 Å². The van der Waals surface area contributed by atoms with Crippen LogP contribution >= 0.6 is 22.9 Å². The number of H-pyrrole nitrogens is 1. The smallest absolute Gasteiger partial charge is 0.181 e. The van der Waals surface area contributed by atoms with E-state index in [1.807, 2.05) is 10.8 Å². The Balaban J connectivity index is 2.24. The molecule has 3 heterocycles. The van der Waals surface area contributed by atoms with Crippen molar-refractivity contribution in [3.8, 4) is 11.4 Å². The summed E-state index contributed by atoms with van der Waals surface area (Å²) in [5.74, 6) is 0.733. The SMILES string of the molecule is Clc1cscc1-c1nc2ncncc2[nH]1. The average Bonchev–Trinajstić information content (AvgIpc) is 2.82. The molecule has 3 rings (SSSR count). The van der Waals surface area contributed by atoms with Crippen LogP contribution in [-0.4, -0.2) is 19.9 Å². The Morgan fingerprint density at radius 2 is 2.27 bits per heavy atom. The van der Waals surface area contributed by atoms with Crippen LogP contribution in [0.3, 0.4) is 0 Å². The van der Waals surface area contributed by atoms with E-state index in [0.29, 0.717) is 10.7 Å². The van der Waals surface area contributed by atoms with Gasteiger partial charge in [0.05, 0.1) is 11.2 Å². The van der Waals surface area contributed by atoms with E-state index < -0.39 is 0 Å². The number of halogens is 1. The number of hydrogen-bond donors (Lipinski definition) is 1. The highest BCUT2D eigenvalue weighted by atomic mass is 35.5. The van der Waals surface area contributed by atoms with E-state index in [2.05, 4.69) is 19.9 Å². The Labute approximate surface area is 94.0 Å². The second-order valence-electron chi connectivity index (χ2n) is 2.98. The van der Waals surface area contributed by atoms with Crippen molar-refractivity contribution in [2.24, 2.45) is 0 Å². The minimum absolute atomic E-state index is 0.655. The molecule has 3 aromatic heterocycles. The Kier molecular flexibility index (Phi) is 1.93. The number of imidazole rings is 1. The monoisotopic (exact) mass is 236 g/mol. The van der Waals surface area contributed by atoms with Gasteiger partial charge in [0.2, 0.25) is 0 Å². The molecule has 4 nitrogen and oxygen atoms in total. The highest BCUT2D eigenvalue weighted by molar-refractivity contribution is 7.08. The normalized spacial score (nSPS) is 11.0. The third-order valence-corrected chi connectivity index (χ3v) is 3.22. The Bertz CT molecular complexity index is 582. The molecule has 0 aromatic carbocycles. The van der Waals surface area contributed by atoms with Gasteiger partial charge in [-0.1, -0.05) is 11.6 Å². The van der Waals surface area contributed by atoms with Crippen molar-refractivity contribution in [3.05, 3.63) is 28.3 Å². The lowest BCUT2D eigenvalue weighted by atomic mass is 10.3. The molecule has 0 saturated heterocycles. The zero-order chi connectivity index (χ0) is 10.3. The maximum atomic E-state index is 6.02. The third kappa shape index (κ3) is 1.40. The number of rotatable bonds is 1. The van der Waals surface area contributed by atoms with Gasteiger partial charge in [0, 0.05) is 16.3 Å². The predicted octanol–water partition coefficient (Wildman–Crippen LogP) is 2.73. The number of fused-ring (bicyclic) bond motifs is 1. The molecule has 0 spiro atoms. The summed E-state index contributed by atoms with van der Waals surface area (Å²) in [7, 11) is 0. The second-order valence-corrected chi connectivity index (χ2v) is 4.13. The highest BCUT2D eigenvalue weighted by Crippen LogP contribution is 2.29. The van der Waals surface area contributed by atoms with Gasteiger partial charge in [0.1, 0.15) is 17.7 Å². The van der Waals surface area contributed by atoms with Crippen molar-refractivity contribution in [2.45, 2.75) is 0 Å². The summed E-state index contributed by atoms with van der Waals surface area (Å²) in [5.41, 5.74) is 2.37. The van der Waals surface area contributed by atoms with Crippen LogP contribution < -0.4 is 0 Å². The van der Waals surface area contributed by atoms with Crippen LogP contribution in [0.4, 0.5) is 0 Å². The molecule has 1 N–H and O–H groups in total. The lowest BCUT2D eigenvalue weighted by Gasteiger charge is -1.90. The van der Waals surface area contributed by atoms with Crippen molar-refractivity contribution in [1.82, 2.24) is 19.9 Å². The van der Waals surface area contributed by atoms with Crippen LogP contribution in [-0.2, 0) is 0 Å². The van der Waals surface area contributed by atoms with Crippen molar-refractivity contribution in [1.29, 1.82) is 0 Å². The maximum absolute atomic E-state index is 6.02. The summed E-state index contributed by atoms with van der Waals surface area (Å²) in [6.45, 7) is 0. The quantitative estimate of drug-likeness (QED) is 0.707. The first kappa shape index (κ1) is 8.82. The van der Waals surface area contributed by atoms with Crippen molar-refractivity contribution in [2.75, 3.05) is 0 Å². The standard InChI is InChI=1S/C9H5ClN4S/c10-6-3-15-2-5(6)8-13-7-1-11-4-12-9(7)14-8/h1-4H,(H,11,12,13,14). The molecule has 0 bridgehead atoms. The number of nitrogens with one attached hydrogen (secondary N) is 1. The average molecular weight is 237 g/mol. The minimum Gasteiger partial charge on any atom is -0.335 e. The Morgan fingerprint density at radius 3 is 3.00 bits per heavy atom. The summed E-state index contributed by atoms with van der Waals surface area (Å²) in [4.78, 5) is 15.4. The molecule has 6 heteroatoms. The molecule has 74 valence electrons. The van der Waals surface area contributed by atoms with Crippen LogP contribution in [0.2, 0.25) is 5.02 Å². The van der Waals surface area contributed by atoms with E-state index in [1.54, 1.807) is 17.5 Å². The lowest BCUT2D eigenvalue weighted by Crippen LogP contribution is -1.77. The molecule has 0 radical (unpaired) electrons. The number of aromatic nitrogens is 4. The van der Waals surface area contributed by atoms with Gasteiger partial charge in [-0.05, 0) is 0 Å². The highest BCUT2D eigenvalue weighted by Gasteiger charge is 2.09. The summed E-state index contributed by atoms with van der Waals surface area (Å²) < 4.78 is 0. The summed E-state index contributed by atoms with van der Waals surface area (Å²) in [5, 5.41) is 4.52. The van der Waals surface area contributed by atoms with E-state index in [9.17, 15) is 0 Å². The van der Waals surface area contributed by atoms with Crippen molar-refractivity contribution in [3.63, 3.8) is 0 Å². The maximum Gasteiger partial charge on any atom is 0.181 e. The minimum atomic E-state index is 0.655. The van der Waals surface area contributed by atoms with Gasteiger partial charge in [0.25, 0.3) is 0 Å². The molecule has 0 unspecified atom stereocenters. The number of hydrogen-bond acceptors (Lipinski definition) is 4. The summed E-state index contributed by atoms with van der Waals surface area (Å²) >= 11 is 7.56. The second kappa shape index (κ2) is 3.29. The molecule has 0 saturated carbocycles. The Hall–Kier alpha value is -1.46. The van der Waals surface area contributed by atoms with Gasteiger partial charge in [-0.2, -0.15) is 11.3 Å². The molecule has 15 heavy (non-hydrogen) atoms. The van der Waals surface area contributed by atoms with Gasteiger partial charge in [-0.25, -0.2) is 15.0 Å². The first-order valence-corrected chi connectivity index (χ1v) is 5.54. The number of nitrogens with zero attached hydrogens (tertiary/aromatic N) is 3. The first-order valence-electron chi connectivity index (χ1n) is 4.22. The van der Waals surface area contributed by atoms with E-state index in [-0.39, 0.29) is 0 Å². The number of thiophene rings is 1. The van der Waals surface area contributed by atoms with Crippen LogP contribution in [0.5, 0.6) is 0 Å². The molecule has 0 aliphatic heterocycles. The lowest BCUT2D eigenvalue weighted by molar-refractivity contribution is 1.20.